The number of ether oxygens (including phenoxy) is 2. The van der Waals surface area contributed by atoms with Gasteiger partial charge in [0, 0.05) is 45.3 Å². The predicted molar refractivity (Wildman–Crippen MR) is 135 cm³/mol. The van der Waals surface area contributed by atoms with Crippen LogP contribution in [0.5, 0.6) is 11.5 Å². The highest BCUT2D eigenvalue weighted by Gasteiger charge is 2.20. The molecule has 3 aromatic rings. The van der Waals surface area contributed by atoms with Crippen molar-refractivity contribution in [3.05, 3.63) is 57.2 Å². The Hall–Kier alpha value is -3.99. The van der Waals surface area contributed by atoms with Gasteiger partial charge in [0.25, 0.3) is 5.56 Å². The maximum absolute atomic E-state index is 13.2. The number of fused-ring (bicyclic) bond motifs is 1. The van der Waals surface area contributed by atoms with Crippen LogP contribution in [0.15, 0.2) is 46.0 Å². The number of methoxy groups -OCH3 is 1. The van der Waals surface area contributed by atoms with Crippen LogP contribution in [0, 0.1) is 0 Å². The molecule has 0 radical (unpaired) electrons. The summed E-state index contributed by atoms with van der Waals surface area (Å²) in [6, 6.07) is 10.2. The largest absolute Gasteiger partial charge is 0.495 e. The van der Waals surface area contributed by atoms with Crippen molar-refractivity contribution in [1.82, 2.24) is 14.5 Å². The Morgan fingerprint density at radius 2 is 1.83 bits per heavy atom. The van der Waals surface area contributed by atoms with Gasteiger partial charge in [-0.25, -0.2) is 9.59 Å². The molecule has 1 aliphatic rings. The monoisotopic (exact) mass is 482 g/mol. The van der Waals surface area contributed by atoms with Gasteiger partial charge in [0.2, 0.25) is 0 Å². The highest BCUT2D eigenvalue weighted by Crippen LogP contribution is 2.29. The number of aromatic amines is 1. The number of piperazine rings is 1. The lowest BCUT2D eigenvalue weighted by Gasteiger charge is -2.36. The summed E-state index contributed by atoms with van der Waals surface area (Å²) in [5.74, 6) is 1.16. The minimum absolute atomic E-state index is 0.241. The molecular formula is C24H30N6O5. The van der Waals surface area contributed by atoms with Crippen molar-refractivity contribution in [2.75, 3.05) is 56.7 Å². The van der Waals surface area contributed by atoms with E-state index in [1.807, 2.05) is 24.3 Å². The number of nitrogens with zero attached hydrogens (tertiary/aromatic N) is 3. The number of hydrogen-bond donors (Lipinski definition) is 3. The lowest BCUT2D eigenvalue weighted by Crippen LogP contribution is -2.48. The molecule has 4 rings (SSSR count). The number of H-pyrrole nitrogens is 1. The molecule has 2 heterocycles. The van der Waals surface area contributed by atoms with E-state index in [1.54, 1.807) is 14.0 Å². The smallest absolute Gasteiger partial charge is 0.328 e. The molecule has 4 N–H and O–H groups in total. The molecule has 1 saturated heterocycles. The second-order valence-electron chi connectivity index (χ2n) is 8.20. The number of hydrogen-bond acceptors (Lipinski definition) is 7. The van der Waals surface area contributed by atoms with Crippen molar-refractivity contribution < 1.29 is 14.3 Å². The van der Waals surface area contributed by atoms with Crippen molar-refractivity contribution in [2.45, 2.75) is 13.5 Å². The second kappa shape index (κ2) is 10.5. The van der Waals surface area contributed by atoms with Crippen LogP contribution >= 0.6 is 0 Å². The molecule has 1 aromatic heterocycles. The van der Waals surface area contributed by atoms with Crippen LogP contribution in [-0.4, -0.2) is 66.9 Å². The van der Waals surface area contributed by atoms with Crippen molar-refractivity contribution in [1.29, 1.82) is 0 Å². The molecule has 11 nitrogen and oxygen atoms in total. The van der Waals surface area contributed by atoms with Crippen LogP contribution in [0.2, 0.25) is 0 Å². The Bertz CT molecular complexity index is 1330. The van der Waals surface area contributed by atoms with E-state index in [1.165, 1.54) is 16.7 Å². The van der Waals surface area contributed by atoms with E-state index in [9.17, 15) is 14.4 Å². The molecule has 0 spiro atoms. The Morgan fingerprint density at radius 3 is 2.51 bits per heavy atom. The fraction of sp³-hybridized carbons (Fsp3) is 0.375. The Kier molecular flexibility index (Phi) is 7.25. The van der Waals surface area contributed by atoms with E-state index in [-0.39, 0.29) is 17.6 Å². The molecule has 186 valence electrons. The molecule has 1 aliphatic heterocycles. The first-order valence-electron chi connectivity index (χ1n) is 11.5. The molecule has 0 saturated carbocycles. The third-order valence-corrected chi connectivity index (χ3v) is 6.08. The number of carbonyl (C=O) groups excluding carboxylic acids is 1. The topological polar surface area (TPSA) is 135 Å². The Morgan fingerprint density at radius 1 is 1.09 bits per heavy atom. The SMILES string of the molecule is CCOc1cc2[nH]c(=O)n(CCN3CCN(c4ccccc4OC)CC3)c(=O)c2cc1NC(N)=O. The number of urea groups is 1. The predicted octanol–water partition coefficient (Wildman–Crippen LogP) is 1.41. The Balaban J connectivity index is 1.49. The number of carbonyl (C=O) groups is 1. The van der Waals surface area contributed by atoms with Gasteiger partial charge < -0.3 is 30.4 Å². The molecule has 2 aromatic carbocycles. The number of rotatable bonds is 8. The summed E-state index contributed by atoms with van der Waals surface area (Å²) in [5.41, 5.74) is 5.99. The number of para-hydroxylation sites is 2. The highest BCUT2D eigenvalue weighted by atomic mass is 16.5. The normalized spacial score (nSPS) is 14.2. The maximum atomic E-state index is 13.2. The van der Waals surface area contributed by atoms with Gasteiger partial charge in [0.1, 0.15) is 11.5 Å². The van der Waals surface area contributed by atoms with Crippen LogP contribution < -0.4 is 36.7 Å². The lowest BCUT2D eigenvalue weighted by atomic mass is 10.2. The van der Waals surface area contributed by atoms with E-state index in [2.05, 4.69) is 20.1 Å². The quantitative estimate of drug-likeness (QED) is 0.442. The van der Waals surface area contributed by atoms with Crippen molar-refractivity contribution in [3.63, 3.8) is 0 Å². The average Bonchev–Trinajstić information content (AvgIpc) is 2.85. The zero-order valence-corrected chi connectivity index (χ0v) is 19.9. The van der Waals surface area contributed by atoms with Gasteiger partial charge in [0.15, 0.2) is 0 Å². The summed E-state index contributed by atoms with van der Waals surface area (Å²) < 4.78 is 12.2. The molecule has 11 heteroatoms. The first-order valence-corrected chi connectivity index (χ1v) is 11.5. The molecule has 0 bridgehead atoms. The molecule has 0 unspecified atom stereocenters. The average molecular weight is 483 g/mol. The van der Waals surface area contributed by atoms with Crippen molar-refractivity contribution in [2.24, 2.45) is 5.73 Å². The first-order chi connectivity index (χ1) is 16.9. The molecule has 0 aliphatic carbocycles. The van der Waals surface area contributed by atoms with Crippen LogP contribution in [0.1, 0.15) is 6.92 Å². The summed E-state index contributed by atoms with van der Waals surface area (Å²) in [7, 11) is 1.67. The minimum atomic E-state index is -0.776. The molecule has 2 amide bonds. The van der Waals surface area contributed by atoms with Crippen molar-refractivity contribution in [3.8, 4) is 11.5 Å². The zero-order chi connectivity index (χ0) is 24.9. The fourth-order valence-electron chi connectivity index (χ4n) is 4.33. The third-order valence-electron chi connectivity index (χ3n) is 6.08. The summed E-state index contributed by atoms with van der Waals surface area (Å²) in [5, 5.41) is 2.73. The number of nitrogens with two attached hydrogens (primary N) is 1. The fourth-order valence-corrected chi connectivity index (χ4v) is 4.33. The van der Waals surface area contributed by atoms with Gasteiger partial charge in [0.05, 0.1) is 36.0 Å². The van der Waals surface area contributed by atoms with E-state index >= 15 is 0 Å². The van der Waals surface area contributed by atoms with E-state index in [0.717, 1.165) is 37.6 Å². The van der Waals surface area contributed by atoms with Gasteiger partial charge in [-0.1, -0.05) is 12.1 Å². The third kappa shape index (κ3) is 5.24. The minimum Gasteiger partial charge on any atom is -0.495 e. The molecule has 35 heavy (non-hydrogen) atoms. The van der Waals surface area contributed by atoms with E-state index in [0.29, 0.717) is 24.4 Å². The van der Waals surface area contributed by atoms with Gasteiger partial charge in [-0.2, -0.15) is 0 Å². The van der Waals surface area contributed by atoms with Gasteiger partial charge in [-0.15, -0.1) is 0 Å². The number of primary amides is 1. The summed E-state index contributed by atoms with van der Waals surface area (Å²) >= 11 is 0. The van der Waals surface area contributed by atoms with Gasteiger partial charge >= 0.3 is 11.7 Å². The number of anilines is 2. The highest BCUT2D eigenvalue weighted by molar-refractivity contribution is 5.94. The maximum Gasteiger partial charge on any atom is 0.328 e. The van der Waals surface area contributed by atoms with Crippen LogP contribution in [-0.2, 0) is 6.54 Å². The molecule has 0 atom stereocenters. The zero-order valence-electron chi connectivity index (χ0n) is 19.9. The molecule has 1 fully saturated rings. The van der Waals surface area contributed by atoms with Gasteiger partial charge in [-0.3, -0.25) is 14.3 Å². The lowest BCUT2D eigenvalue weighted by molar-refractivity contribution is 0.245. The summed E-state index contributed by atoms with van der Waals surface area (Å²) in [4.78, 5) is 44.5. The second-order valence-corrected chi connectivity index (χ2v) is 8.20. The number of aromatic nitrogens is 2. The summed E-state index contributed by atoms with van der Waals surface area (Å²) in [6.45, 7) is 6.13. The number of amides is 2. The number of nitrogens with one attached hydrogen (secondary N) is 2. The van der Waals surface area contributed by atoms with Crippen LogP contribution in [0.4, 0.5) is 16.2 Å². The summed E-state index contributed by atoms with van der Waals surface area (Å²) in [6.07, 6.45) is 0. The van der Waals surface area contributed by atoms with Crippen LogP contribution in [0.25, 0.3) is 10.9 Å². The molecular weight excluding hydrogens is 452 g/mol. The van der Waals surface area contributed by atoms with Crippen LogP contribution in [0.3, 0.4) is 0 Å². The van der Waals surface area contributed by atoms with E-state index < -0.39 is 17.3 Å². The standard InChI is InChI=1S/C24H30N6O5/c1-3-35-21-15-17-16(14-18(21)26-23(25)32)22(31)30(24(33)27-17)13-10-28-8-11-29(12-9-28)19-6-4-5-7-20(19)34-2/h4-7,14-15H,3,8-13H2,1-2H3,(H,27,33)(H3,25,26,32). The van der Waals surface area contributed by atoms with Crippen molar-refractivity contribution >= 4 is 28.3 Å². The Labute approximate surface area is 202 Å². The number of benzene rings is 2. The van der Waals surface area contributed by atoms with E-state index in [4.69, 9.17) is 15.2 Å². The first kappa shape index (κ1) is 24.1. The van der Waals surface area contributed by atoms with Gasteiger partial charge in [-0.05, 0) is 25.1 Å².